The molecule has 0 heterocycles. The zero-order valence-electron chi connectivity index (χ0n) is 10.6. The predicted octanol–water partition coefficient (Wildman–Crippen LogP) is 6.53. The molecular formula is C15H10Cl3F3. The predicted molar refractivity (Wildman–Crippen MR) is 80.2 cm³/mol. The quantitative estimate of drug-likeness (QED) is 0.550. The molecule has 0 radical (unpaired) electrons. The number of benzene rings is 2. The van der Waals surface area contributed by atoms with Crippen molar-refractivity contribution < 1.29 is 13.2 Å². The fourth-order valence-electron chi connectivity index (χ4n) is 2.01. The molecule has 1 unspecified atom stereocenters. The van der Waals surface area contributed by atoms with Crippen LogP contribution in [0.1, 0.15) is 22.1 Å². The van der Waals surface area contributed by atoms with Gasteiger partial charge in [0, 0.05) is 0 Å². The molecule has 2 aromatic rings. The summed E-state index contributed by atoms with van der Waals surface area (Å²) in [6.07, 6.45) is -4.20. The van der Waals surface area contributed by atoms with Crippen molar-refractivity contribution >= 4 is 34.8 Å². The smallest absolute Gasteiger partial charge is 0.166 e. The highest BCUT2D eigenvalue weighted by Crippen LogP contribution is 2.38. The van der Waals surface area contributed by atoms with Crippen molar-refractivity contribution in [3.8, 4) is 0 Å². The van der Waals surface area contributed by atoms with E-state index >= 15 is 0 Å². The summed E-state index contributed by atoms with van der Waals surface area (Å²) in [7, 11) is 0. The molecule has 0 spiro atoms. The Kier molecular flexibility index (Phi) is 5.07. The van der Waals surface area contributed by atoms with Gasteiger partial charge in [-0.1, -0.05) is 47.5 Å². The van der Waals surface area contributed by atoms with E-state index in [4.69, 9.17) is 34.8 Å². The molecule has 0 aliphatic carbocycles. The van der Waals surface area contributed by atoms with Gasteiger partial charge in [-0.05, 0) is 35.7 Å². The van der Waals surface area contributed by atoms with Gasteiger partial charge in [-0.2, -0.15) is 13.2 Å². The summed E-state index contributed by atoms with van der Waals surface area (Å²) in [5.41, 5.74) is 0.0594. The Labute approximate surface area is 135 Å². The lowest BCUT2D eigenvalue weighted by Crippen LogP contribution is -2.11. The number of hydrogen-bond acceptors (Lipinski definition) is 0. The molecule has 0 saturated heterocycles. The van der Waals surface area contributed by atoms with E-state index in [1.807, 2.05) is 0 Å². The Morgan fingerprint density at radius 2 is 1.62 bits per heavy atom. The van der Waals surface area contributed by atoms with E-state index in [1.165, 1.54) is 18.2 Å². The Hall–Kier alpha value is -0.900. The van der Waals surface area contributed by atoms with Crippen molar-refractivity contribution in [3.05, 3.63) is 69.2 Å². The normalized spacial score (nSPS) is 13.2. The van der Waals surface area contributed by atoms with Crippen molar-refractivity contribution in [2.24, 2.45) is 0 Å². The summed E-state index contributed by atoms with van der Waals surface area (Å²) < 4.78 is 38.9. The van der Waals surface area contributed by atoms with Crippen LogP contribution in [0.25, 0.3) is 0 Å². The van der Waals surface area contributed by atoms with Gasteiger partial charge in [0.25, 0.3) is 0 Å². The molecule has 0 bridgehead atoms. The Bertz CT molecular complexity index is 638. The molecule has 6 heteroatoms. The third kappa shape index (κ3) is 4.06. The second-order valence-electron chi connectivity index (χ2n) is 4.51. The van der Waals surface area contributed by atoms with Gasteiger partial charge in [-0.15, -0.1) is 11.6 Å². The van der Waals surface area contributed by atoms with E-state index in [2.05, 4.69) is 0 Å². The molecule has 0 aliphatic heterocycles. The Balaban J connectivity index is 2.28. The summed E-state index contributed by atoms with van der Waals surface area (Å²) in [5.74, 6) is 0. The monoisotopic (exact) mass is 352 g/mol. The average Bonchev–Trinajstić information content (AvgIpc) is 2.42. The van der Waals surface area contributed by atoms with Crippen LogP contribution in [0.2, 0.25) is 10.0 Å². The van der Waals surface area contributed by atoms with Crippen LogP contribution in [0.15, 0.2) is 42.5 Å². The van der Waals surface area contributed by atoms with E-state index in [9.17, 15) is 13.2 Å². The summed E-state index contributed by atoms with van der Waals surface area (Å²) in [4.78, 5) is 0. The van der Waals surface area contributed by atoms with E-state index in [0.717, 1.165) is 11.6 Å². The molecule has 0 amide bonds. The molecule has 0 aromatic heterocycles. The summed E-state index contributed by atoms with van der Waals surface area (Å²) in [6.45, 7) is 0. The van der Waals surface area contributed by atoms with E-state index in [0.29, 0.717) is 10.0 Å². The van der Waals surface area contributed by atoms with Crippen molar-refractivity contribution in [2.45, 2.75) is 18.0 Å². The molecule has 2 rings (SSSR count). The number of alkyl halides is 4. The maximum absolute atomic E-state index is 13.0. The molecular weight excluding hydrogens is 344 g/mol. The first-order valence-corrected chi connectivity index (χ1v) is 7.22. The minimum Gasteiger partial charge on any atom is -0.166 e. The Morgan fingerprint density at radius 1 is 0.952 bits per heavy atom. The number of hydrogen-bond donors (Lipinski definition) is 0. The second-order valence-corrected chi connectivity index (χ2v) is 5.85. The van der Waals surface area contributed by atoms with Crippen LogP contribution in [0, 0.1) is 0 Å². The van der Waals surface area contributed by atoms with Crippen molar-refractivity contribution in [1.82, 2.24) is 0 Å². The molecule has 112 valence electrons. The SMILES string of the molecule is FC(F)(F)c1ccccc1C(Cl)Cc1ccc(Cl)c(Cl)c1. The van der Waals surface area contributed by atoms with E-state index in [1.54, 1.807) is 18.2 Å². The first-order valence-electron chi connectivity index (χ1n) is 6.03. The van der Waals surface area contributed by atoms with Crippen LogP contribution in [-0.2, 0) is 12.6 Å². The second kappa shape index (κ2) is 6.47. The van der Waals surface area contributed by atoms with Gasteiger partial charge in [0.15, 0.2) is 0 Å². The first kappa shape index (κ1) is 16.5. The van der Waals surface area contributed by atoms with Crippen molar-refractivity contribution in [2.75, 3.05) is 0 Å². The standard InChI is InChI=1S/C15H10Cl3F3/c16-12-6-5-9(8-14(12)18)7-13(17)10-3-1-2-4-11(10)15(19,20)21/h1-6,8,13H,7H2. The van der Waals surface area contributed by atoms with Crippen LogP contribution in [0.4, 0.5) is 13.2 Å². The molecule has 0 aliphatic rings. The fourth-order valence-corrected chi connectivity index (χ4v) is 2.70. The average molecular weight is 354 g/mol. The summed E-state index contributed by atoms with van der Waals surface area (Å²) in [6, 6.07) is 10.2. The molecule has 0 nitrogen and oxygen atoms in total. The van der Waals surface area contributed by atoms with Crippen LogP contribution in [0.3, 0.4) is 0 Å². The highest BCUT2D eigenvalue weighted by molar-refractivity contribution is 6.42. The number of halogens is 6. The lowest BCUT2D eigenvalue weighted by atomic mass is 9.99. The van der Waals surface area contributed by atoms with E-state index in [-0.39, 0.29) is 12.0 Å². The third-order valence-electron chi connectivity index (χ3n) is 3.00. The molecule has 0 fully saturated rings. The lowest BCUT2D eigenvalue weighted by molar-refractivity contribution is -0.138. The van der Waals surface area contributed by atoms with Gasteiger partial charge >= 0.3 is 6.18 Å². The minimum atomic E-state index is -4.43. The van der Waals surface area contributed by atoms with Gasteiger partial charge in [-0.3, -0.25) is 0 Å². The Morgan fingerprint density at radius 3 is 2.24 bits per heavy atom. The van der Waals surface area contributed by atoms with Crippen molar-refractivity contribution in [1.29, 1.82) is 0 Å². The van der Waals surface area contributed by atoms with Gasteiger partial charge in [-0.25, -0.2) is 0 Å². The fraction of sp³-hybridized carbons (Fsp3) is 0.200. The number of rotatable bonds is 3. The zero-order valence-corrected chi connectivity index (χ0v) is 12.9. The van der Waals surface area contributed by atoms with Gasteiger partial charge in [0.2, 0.25) is 0 Å². The topological polar surface area (TPSA) is 0 Å². The van der Waals surface area contributed by atoms with Crippen LogP contribution >= 0.6 is 34.8 Å². The summed E-state index contributed by atoms with van der Waals surface area (Å²) >= 11 is 17.9. The highest BCUT2D eigenvalue weighted by Gasteiger charge is 2.34. The minimum absolute atomic E-state index is 0.0535. The zero-order chi connectivity index (χ0) is 15.6. The lowest BCUT2D eigenvalue weighted by Gasteiger charge is -2.17. The van der Waals surface area contributed by atoms with Gasteiger partial charge < -0.3 is 0 Å². The van der Waals surface area contributed by atoms with Crippen LogP contribution < -0.4 is 0 Å². The van der Waals surface area contributed by atoms with E-state index < -0.39 is 17.1 Å². The van der Waals surface area contributed by atoms with Crippen molar-refractivity contribution in [3.63, 3.8) is 0 Å². The third-order valence-corrected chi connectivity index (χ3v) is 4.13. The van der Waals surface area contributed by atoms with Crippen LogP contribution in [-0.4, -0.2) is 0 Å². The van der Waals surface area contributed by atoms with Gasteiger partial charge in [0.1, 0.15) is 0 Å². The molecule has 2 aromatic carbocycles. The molecule has 0 saturated carbocycles. The molecule has 1 atom stereocenters. The molecule has 21 heavy (non-hydrogen) atoms. The largest absolute Gasteiger partial charge is 0.416 e. The van der Waals surface area contributed by atoms with Gasteiger partial charge in [0.05, 0.1) is 21.0 Å². The van der Waals surface area contributed by atoms with Crippen LogP contribution in [0.5, 0.6) is 0 Å². The maximum atomic E-state index is 13.0. The molecule has 0 N–H and O–H groups in total. The summed E-state index contributed by atoms with van der Waals surface area (Å²) in [5, 5.41) is -0.0653. The highest BCUT2D eigenvalue weighted by atomic mass is 35.5. The first-order chi connectivity index (χ1) is 9.79. The maximum Gasteiger partial charge on any atom is 0.416 e.